The van der Waals surface area contributed by atoms with Crippen molar-refractivity contribution in [3.63, 3.8) is 0 Å². The topological polar surface area (TPSA) is 26.7 Å². The third-order valence-corrected chi connectivity index (χ3v) is 4.30. The van der Waals surface area contributed by atoms with Crippen molar-refractivity contribution >= 4 is 22.9 Å². The van der Waals surface area contributed by atoms with Gasteiger partial charge in [-0.3, -0.25) is 9.80 Å². The van der Waals surface area contributed by atoms with Gasteiger partial charge in [0.05, 0.1) is 9.94 Å². The first-order valence-electron chi connectivity index (χ1n) is 6.34. The summed E-state index contributed by atoms with van der Waals surface area (Å²) in [6.45, 7) is 9.67. The molecule has 0 amide bonds. The maximum Gasteiger partial charge on any atom is 0.0931 e. The molecule has 102 valence electrons. The minimum absolute atomic E-state index is 0.594. The maximum atomic E-state index is 9.81. The molecule has 18 heavy (non-hydrogen) atoms. The van der Waals surface area contributed by atoms with Gasteiger partial charge in [0, 0.05) is 44.1 Å². The monoisotopic (exact) mass is 288 g/mol. The number of hydrogen-bond acceptors (Lipinski definition) is 4. The quantitative estimate of drug-likeness (QED) is 0.921. The lowest BCUT2D eigenvalue weighted by molar-refractivity contribution is 0.0168. The van der Waals surface area contributed by atoms with Crippen molar-refractivity contribution in [2.45, 2.75) is 26.0 Å². The Bertz CT molecular complexity index is 381. The molecule has 1 N–H and O–H groups in total. The van der Waals surface area contributed by atoms with Gasteiger partial charge in [0.1, 0.15) is 0 Å². The molecular weight excluding hydrogens is 268 g/mol. The van der Waals surface area contributed by atoms with Gasteiger partial charge in [0.25, 0.3) is 0 Å². The largest absolute Gasteiger partial charge is 0.389 e. The van der Waals surface area contributed by atoms with Crippen LogP contribution in [0.1, 0.15) is 18.7 Å². The first-order chi connectivity index (χ1) is 8.42. The molecule has 0 aromatic carbocycles. The Morgan fingerprint density at radius 2 is 1.83 bits per heavy atom. The summed E-state index contributed by atoms with van der Waals surface area (Å²) in [5.74, 6) is 0. The van der Waals surface area contributed by atoms with Crippen molar-refractivity contribution in [3.8, 4) is 0 Å². The zero-order chi connectivity index (χ0) is 13.2. The first-order valence-corrected chi connectivity index (χ1v) is 7.53. The lowest BCUT2D eigenvalue weighted by atomic mass is 10.1. The number of rotatable bonds is 4. The van der Waals surface area contributed by atoms with Crippen LogP contribution in [0, 0.1) is 0 Å². The van der Waals surface area contributed by atoms with Gasteiger partial charge in [0.2, 0.25) is 0 Å². The molecule has 1 aromatic heterocycles. The number of piperazine rings is 1. The number of hydrogen-bond donors (Lipinski definition) is 1. The molecule has 0 bridgehead atoms. The molecule has 0 saturated carbocycles. The van der Waals surface area contributed by atoms with E-state index in [1.807, 2.05) is 19.9 Å². The number of β-amino-alcohol motifs (C(OH)–C–C–N with tert-alkyl or cyclic N) is 1. The Labute approximate surface area is 118 Å². The highest BCUT2D eigenvalue weighted by Crippen LogP contribution is 2.23. The Morgan fingerprint density at radius 1 is 1.22 bits per heavy atom. The van der Waals surface area contributed by atoms with E-state index in [4.69, 9.17) is 11.6 Å². The van der Waals surface area contributed by atoms with Crippen LogP contribution in [0.4, 0.5) is 0 Å². The van der Waals surface area contributed by atoms with Gasteiger partial charge in [-0.1, -0.05) is 11.6 Å². The fourth-order valence-electron chi connectivity index (χ4n) is 2.31. The van der Waals surface area contributed by atoms with Crippen molar-refractivity contribution in [1.82, 2.24) is 9.80 Å². The van der Waals surface area contributed by atoms with Crippen LogP contribution in [0.5, 0.6) is 0 Å². The molecule has 1 aliphatic heterocycles. The van der Waals surface area contributed by atoms with Crippen molar-refractivity contribution < 1.29 is 5.11 Å². The van der Waals surface area contributed by atoms with Gasteiger partial charge in [-0.05, 0) is 26.0 Å². The Morgan fingerprint density at radius 3 is 2.33 bits per heavy atom. The van der Waals surface area contributed by atoms with E-state index in [0.29, 0.717) is 0 Å². The molecule has 1 saturated heterocycles. The summed E-state index contributed by atoms with van der Waals surface area (Å²) in [6.07, 6.45) is 0. The number of halogens is 1. The van der Waals surface area contributed by atoms with Crippen LogP contribution in [0.2, 0.25) is 4.34 Å². The van der Waals surface area contributed by atoms with E-state index in [2.05, 4.69) is 15.9 Å². The van der Waals surface area contributed by atoms with Gasteiger partial charge in [0.15, 0.2) is 0 Å². The van der Waals surface area contributed by atoms with Crippen LogP contribution in [0.25, 0.3) is 0 Å². The molecule has 0 spiro atoms. The molecule has 0 radical (unpaired) electrons. The summed E-state index contributed by atoms with van der Waals surface area (Å²) in [5, 5.41) is 9.81. The molecule has 0 unspecified atom stereocenters. The van der Waals surface area contributed by atoms with Gasteiger partial charge in [-0.2, -0.15) is 0 Å². The predicted octanol–water partition coefficient (Wildman–Crippen LogP) is 2.29. The van der Waals surface area contributed by atoms with Crippen molar-refractivity contribution in [2.75, 3.05) is 32.7 Å². The lowest BCUT2D eigenvalue weighted by Gasteiger charge is -2.37. The van der Waals surface area contributed by atoms with Crippen LogP contribution in [-0.2, 0) is 6.54 Å². The lowest BCUT2D eigenvalue weighted by Crippen LogP contribution is -2.50. The summed E-state index contributed by atoms with van der Waals surface area (Å²) in [4.78, 5) is 6.11. The van der Waals surface area contributed by atoms with Gasteiger partial charge < -0.3 is 5.11 Å². The van der Waals surface area contributed by atoms with E-state index < -0.39 is 5.60 Å². The van der Waals surface area contributed by atoms with Crippen LogP contribution >= 0.6 is 22.9 Å². The molecule has 1 fully saturated rings. The van der Waals surface area contributed by atoms with E-state index in [0.717, 1.165) is 43.6 Å². The summed E-state index contributed by atoms with van der Waals surface area (Å²) in [7, 11) is 0. The van der Waals surface area contributed by atoms with Crippen molar-refractivity contribution in [2.24, 2.45) is 0 Å². The summed E-state index contributed by atoms with van der Waals surface area (Å²) in [6, 6.07) is 4.07. The normalized spacial score (nSPS) is 19.3. The van der Waals surface area contributed by atoms with Gasteiger partial charge >= 0.3 is 0 Å². The third-order valence-electron chi connectivity index (χ3n) is 3.08. The second kappa shape index (κ2) is 5.88. The average molecular weight is 289 g/mol. The Kier molecular flexibility index (Phi) is 4.67. The number of nitrogens with zero attached hydrogens (tertiary/aromatic N) is 2. The fraction of sp³-hybridized carbons (Fsp3) is 0.692. The first kappa shape index (κ1) is 14.3. The molecule has 1 aliphatic rings. The third kappa shape index (κ3) is 4.52. The van der Waals surface area contributed by atoms with E-state index in [-0.39, 0.29) is 0 Å². The van der Waals surface area contributed by atoms with E-state index >= 15 is 0 Å². The van der Waals surface area contributed by atoms with E-state index in [1.54, 1.807) is 11.3 Å². The van der Waals surface area contributed by atoms with E-state index in [1.165, 1.54) is 4.88 Å². The highest BCUT2D eigenvalue weighted by molar-refractivity contribution is 7.16. The van der Waals surface area contributed by atoms with Crippen molar-refractivity contribution in [1.29, 1.82) is 0 Å². The number of aliphatic hydroxyl groups is 1. The summed E-state index contributed by atoms with van der Waals surface area (Å²) in [5.41, 5.74) is -0.594. The second-order valence-electron chi connectivity index (χ2n) is 5.57. The minimum Gasteiger partial charge on any atom is -0.389 e. The van der Waals surface area contributed by atoms with Crippen molar-refractivity contribution in [3.05, 3.63) is 21.3 Å². The van der Waals surface area contributed by atoms with E-state index in [9.17, 15) is 5.11 Å². The summed E-state index contributed by atoms with van der Waals surface area (Å²) < 4.78 is 0.866. The highest BCUT2D eigenvalue weighted by Gasteiger charge is 2.22. The van der Waals surface area contributed by atoms with Crippen LogP contribution in [0.15, 0.2) is 12.1 Å². The predicted molar refractivity (Wildman–Crippen MR) is 77.3 cm³/mol. The smallest absolute Gasteiger partial charge is 0.0931 e. The molecule has 1 aromatic rings. The standard InChI is InChI=1S/C13H21ClN2OS/c1-13(2,17)10-16-7-5-15(6-8-16)9-11-3-4-12(14)18-11/h3-4,17H,5-10H2,1-2H3. The molecule has 2 heterocycles. The van der Waals surface area contributed by atoms with Gasteiger partial charge in [-0.25, -0.2) is 0 Å². The molecule has 5 heteroatoms. The average Bonchev–Trinajstić information content (AvgIpc) is 2.65. The number of thiophene rings is 1. The zero-order valence-corrected chi connectivity index (χ0v) is 12.6. The van der Waals surface area contributed by atoms with Crippen LogP contribution in [0.3, 0.4) is 0 Å². The Hall–Kier alpha value is -0.130. The zero-order valence-electron chi connectivity index (χ0n) is 11.0. The van der Waals surface area contributed by atoms with Gasteiger partial charge in [-0.15, -0.1) is 11.3 Å². The highest BCUT2D eigenvalue weighted by atomic mass is 35.5. The van der Waals surface area contributed by atoms with Crippen LogP contribution in [-0.4, -0.2) is 53.2 Å². The SMILES string of the molecule is CC(C)(O)CN1CCN(Cc2ccc(Cl)s2)CC1. The molecule has 2 rings (SSSR count). The molecule has 0 atom stereocenters. The minimum atomic E-state index is -0.594. The fourth-order valence-corrected chi connectivity index (χ4v) is 3.44. The second-order valence-corrected chi connectivity index (χ2v) is 7.37. The van der Waals surface area contributed by atoms with Crippen LogP contribution < -0.4 is 0 Å². The molecule has 0 aliphatic carbocycles. The summed E-state index contributed by atoms with van der Waals surface area (Å²) >= 11 is 7.60. The Balaban J connectivity index is 1.77. The molecule has 3 nitrogen and oxygen atoms in total. The molecular formula is C13H21ClN2OS. The maximum absolute atomic E-state index is 9.81.